The Labute approximate surface area is 236 Å². The Morgan fingerprint density at radius 1 is 1.02 bits per heavy atom. The van der Waals surface area contributed by atoms with Crippen LogP contribution in [0.15, 0.2) is 54.6 Å². The van der Waals surface area contributed by atoms with Crippen LogP contribution in [0.2, 0.25) is 0 Å². The van der Waals surface area contributed by atoms with E-state index in [1.54, 1.807) is 20.2 Å². The number of nitrogens with zero attached hydrogens (tertiary/aromatic N) is 4. The molecule has 2 amide bonds. The molecule has 8 heteroatoms. The summed E-state index contributed by atoms with van der Waals surface area (Å²) in [5.74, 6) is 0.636. The zero-order valence-electron chi connectivity index (χ0n) is 24.5. The number of fused-ring (bicyclic) bond motifs is 1. The molecule has 4 rings (SSSR count). The Morgan fingerprint density at radius 2 is 1.73 bits per heavy atom. The second-order valence-electron chi connectivity index (χ2n) is 11.3. The van der Waals surface area contributed by atoms with Gasteiger partial charge < -0.3 is 19.5 Å². The van der Waals surface area contributed by atoms with Crippen LogP contribution in [-0.4, -0.2) is 51.1 Å². The fourth-order valence-electron chi connectivity index (χ4n) is 4.46. The largest absolute Gasteiger partial charge is 0.456 e. The van der Waals surface area contributed by atoms with E-state index in [1.807, 2.05) is 64.1 Å². The number of pyridine rings is 1. The maximum Gasteiger partial charge on any atom is 0.339 e. The standard InChI is InChI=1S/C32H39N5O3/c1-8-9-14-28-35-29-27(19-26(21(2)33-29)34-31(39)36(6)7)37(28)20-22-15-17-23(18-16-22)24-12-10-11-13-25(24)30(38)40-32(3,4)5/h10-13,15-19H,8-9,14,20H2,1-7H3,(H,34,39). The Balaban J connectivity index is 1.67. The number of carbonyl (C=O) groups excluding carboxylic acids is 2. The molecule has 210 valence electrons. The van der Waals surface area contributed by atoms with Crippen LogP contribution in [0.4, 0.5) is 10.5 Å². The molecular weight excluding hydrogens is 502 g/mol. The summed E-state index contributed by atoms with van der Waals surface area (Å²) in [5, 5.41) is 2.94. The number of benzene rings is 2. The molecule has 40 heavy (non-hydrogen) atoms. The topological polar surface area (TPSA) is 89.4 Å². The molecule has 0 bridgehead atoms. The summed E-state index contributed by atoms with van der Waals surface area (Å²) in [5.41, 5.74) is 5.79. The maximum atomic E-state index is 12.9. The molecule has 0 aliphatic carbocycles. The first-order valence-corrected chi connectivity index (χ1v) is 13.7. The van der Waals surface area contributed by atoms with Gasteiger partial charge in [-0.2, -0.15) is 0 Å². The van der Waals surface area contributed by atoms with E-state index in [2.05, 4.69) is 28.9 Å². The molecule has 0 radical (unpaired) electrons. The number of aryl methyl sites for hydroxylation is 2. The molecule has 0 saturated heterocycles. The third-order valence-corrected chi connectivity index (χ3v) is 6.56. The average Bonchev–Trinajstić information content (AvgIpc) is 3.22. The van der Waals surface area contributed by atoms with Gasteiger partial charge in [-0.3, -0.25) is 0 Å². The van der Waals surface area contributed by atoms with Gasteiger partial charge in [0.1, 0.15) is 11.4 Å². The summed E-state index contributed by atoms with van der Waals surface area (Å²) in [7, 11) is 3.42. The highest BCUT2D eigenvalue weighted by atomic mass is 16.6. The van der Waals surface area contributed by atoms with Gasteiger partial charge in [-0.05, 0) is 62.9 Å². The van der Waals surface area contributed by atoms with Crippen molar-refractivity contribution in [2.24, 2.45) is 0 Å². The molecule has 4 aromatic rings. The van der Waals surface area contributed by atoms with Gasteiger partial charge in [0, 0.05) is 27.1 Å². The van der Waals surface area contributed by atoms with Gasteiger partial charge in [0.15, 0.2) is 5.65 Å². The number of unbranched alkanes of at least 4 members (excludes halogenated alkanes) is 1. The van der Waals surface area contributed by atoms with Crippen molar-refractivity contribution >= 4 is 28.9 Å². The van der Waals surface area contributed by atoms with E-state index >= 15 is 0 Å². The number of esters is 1. The lowest BCUT2D eigenvalue weighted by molar-refractivity contribution is 0.00704. The molecule has 0 atom stereocenters. The molecule has 2 aromatic heterocycles. The Kier molecular flexibility index (Phi) is 8.57. The fraction of sp³-hybridized carbons (Fsp3) is 0.375. The second-order valence-corrected chi connectivity index (χ2v) is 11.3. The summed E-state index contributed by atoms with van der Waals surface area (Å²) in [6.07, 6.45) is 2.92. The molecule has 1 N–H and O–H groups in total. The summed E-state index contributed by atoms with van der Waals surface area (Å²) in [6, 6.07) is 17.5. The first-order chi connectivity index (χ1) is 19.0. The van der Waals surface area contributed by atoms with E-state index in [0.29, 0.717) is 23.4 Å². The minimum atomic E-state index is -0.570. The van der Waals surface area contributed by atoms with Crippen molar-refractivity contribution in [1.29, 1.82) is 0 Å². The van der Waals surface area contributed by atoms with E-state index < -0.39 is 5.60 Å². The van der Waals surface area contributed by atoms with Crippen LogP contribution in [0.1, 0.15) is 68.0 Å². The van der Waals surface area contributed by atoms with Gasteiger partial charge in [0.25, 0.3) is 0 Å². The molecule has 2 heterocycles. The lowest BCUT2D eigenvalue weighted by Gasteiger charge is -2.20. The van der Waals surface area contributed by atoms with Crippen molar-refractivity contribution in [1.82, 2.24) is 19.4 Å². The number of amides is 2. The van der Waals surface area contributed by atoms with Crippen LogP contribution >= 0.6 is 0 Å². The number of carbonyl (C=O) groups is 2. The monoisotopic (exact) mass is 541 g/mol. The number of anilines is 1. The predicted octanol–water partition coefficient (Wildman–Crippen LogP) is 6.85. The van der Waals surface area contributed by atoms with Crippen molar-refractivity contribution < 1.29 is 14.3 Å². The molecule has 8 nitrogen and oxygen atoms in total. The molecular formula is C32H39N5O3. The minimum Gasteiger partial charge on any atom is -0.456 e. The normalized spacial score (nSPS) is 11.5. The van der Waals surface area contributed by atoms with Gasteiger partial charge in [0.2, 0.25) is 0 Å². The zero-order valence-corrected chi connectivity index (χ0v) is 24.5. The third-order valence-electron chi connectivity index (χ3n) is 6.56. The smallest absolute Gasteiger partial charge is 0.339 e. The molecule has 0 fully saturated rings. The number of hydrogen-bond donors (Lipinski definition) is 1. The Bertz CT molecular complexity index is 1510. The zero-order chi connectivity index (χ0) is 29.0. The number of aromatic nitrogens is 3. The van der Waals surface area contributed by atoms with Gasteiger partial charge in [-0.15, -0.1) is 0 Å². The van der Waals surface area contributed by atoms with Crippen molar-refractivity contribution in [3.63, 3.8) is 0 Å². The number of urea groups is 1. The van der Waals surface area contributed by atoms with Gasteiger partial charge in [-0.25, -0.2) is 19.6 Å². The van der Waals surface area contributed by atoms with Crippen LogP contribution in [-0.2, 0) is 17.7 Å². The predicted molar refractivity (Wildman–Crippen MR) is 160 cm³/mol. The highest BCUT2D eigenvalue weighted by molar-refractivity contribution is 5.97. The molecule has 2 aromatic carbocycles. The first kappa shape index (κ1) is 28.8. The summed E-state index contributed by atoms with van der Waals surface area (Å²) in [6.45, 7) is 10.3. The van der Waals surface area contributed by atoms with Gasteiger partial charge >= 0.3 is 12.0 Å². The first-order valence-electron chi connectivity index (χ1n) is 13.7. The van der Waals surface area contributed by atoms with E-state index in [9.17, 15) is 9.59 Å². The Morgan fingerprint density at radius 3 is 2.38 bits per heavy atom. The number of imidazole rings is 1. The molecule has 0 aliphatic rings. The van der Waals surface area contributed by atoms with Crippen LogP contribution < -0.4 is 5.32 Å². The average molecular weight is 542 g/mol. The van der Waals surface area contributed by atoms with Crippen LogP contribution in [0.5, 0.6) is 0 Å². The van der Waals surface area contributed by atoms with Crippen molar-refractivity contribution in [3.05, 3.63) is 77.2 Å². The molecule has 0 unspecified atom stereocenters. The van der Waals surface area contributed by atoms with Crippen molar-refractivity contribution in [2.75, 3.05) is 19.4 Å². The van der Waals surface area contributed by atoms with E-state index in [4.69, 9.17) is 14.7 Å². The maximum absolute atomic E-state index is 12.9. The number of ether oxygens (including phenoxy) is 1. The quantitative estimate of drug-likeness (QED) is 0.247. The molecule has 0 spiro atoms. The summed E-state index contributed by atoms with van der Waals surface area (Å²) < 4.78 is 7.82. The third kappa shape index (κ3) is 6.68. The Hall–Kier alpha value is -4.20. The lowest BCUT2D eigenvalue weighted by atomic mass is 9.98. The number of nitrogens with one attached hydrogen (secondary N) is 1. The van der Waals surface area contributed by atoms with Crippen molar-refractivity contribution in [2.45, 2.75) is 66.0 Å². The number of rotatable bonds is 8. The summed E-state index contributed by atoms with van der Waals surface area (Å²) >= 11 is 0. The lowest BCUT2D eigenvalue weighted by Crippen LogP contribution is -2.27. The second kappa shape index (κ2) is 11.9. The highest BCUT2D eigenvalue weighted by Crippen LogP contribution is 2.28. The van der Waals surface area contributed by atoms with Crippen LogP contribution in [0.3, 0.4) is 0 Å². The molecule has 0 aliphatic heterocycles. The van der Waals surface area contributed by atoms with E-state index in [1.165, 1.54) is 4.90 Å². The highest BCUT2D eigenvalue weighted by Gasteiger charge is 2.21. The number of hydrogen-bond acceptors (Lipinski definition) is 5. The van der Waals surface area contributed by atoms with E-state index in [-0.39, 0.29) is 12.0 Å². The van der Waals surface area contributed by atoms with Gasteiger partial charge in [0.05, 0.1) is 22.5 Å². The van der Waals surface area contributed by atoms with Crippen LogP contribution in [0.25, 0.3) is 22.3 Å². The van der Waals surface area contributed by atoms with Gasteiger partial charge in [-0.1, -0.05) is 55.8 Å². The SMILES string of the molecule is CCCCc1nc2nc(C)c(NC(=O)N(C)C)cc2n1Cc1ccc(-c2ccccc2C(=O)OC(C)(C)C)cc1. The molecule has 0 saturated carbocycles. The van der Waals surface area contributed by atoms with Crippen molar-refractivity contribution in [3.8, 4) is 11.1 Å². The fourth-order valence-corrected chi connectivity index (χ4v) is 4.46. The van der Waals surface area contributed by atoms with Crippen LogP contribution in [0, 0.1) is 6.92 Å². The van der Waals surface area contributed by atoms with E-state index in [0.717, 1.165) is 53.0 Å². The minimum absolute atomic E-state index is 0.205. The summed E-state index contributed by atoms with van der Waals surface area (Å²) in [4.78, 5) is 36.3.